The quantitative estimate of drug-likeness (QED) is 0.443. The smallest absolute Gasteiger partial charge is 0.230 e. The Balaban J connectivity index is 2.39. The predicted octanol–water partition coefficient (Wildman–Crippen LogP) is 3.74. The van der Waals surface area contributed by atoms with Crippen LogP contribution in [0.5, 0.6) is 0 Å². The summed E-state index contributed by atoms with van der Waals surface area (Å²) >= 11 is 3.49. The molecule has 3 aromatic rings. The molecule has 98 valence electrons. The van der Waals surface area contributed by atoms with Crippen molar-refractivity contribution in [3.63, 3.8) is 0 Å². The fourth-order valence-electron chi connectivity index (χ4n) is 2.53. The van der Waals surface area contributed by atoms with Gasteiger partial charge in [-0.25, -0.2) is 0 Å². The maximum Gasteiger partial charge on any atom is 0.230 e. The fourth-order valence-corrected chi connectivity index (χ4v) is 2.89. The number of nitriles is 1. The number of fused-ring (bicyclic) bond motifs is 3. The fraction of sp³-hybridized carbons (Fsp3) is 0.125. The molecule has 0 saturated heterocycles. The molecule has 4 heteroatoms. The number of hydrogen-bond donors (Lipinski definition) is 1. The van der Waals surface area contributed by atoms with Crippen LogP contribution in [0, 0.1) is 11.3 Å². The summed E-state index contributed by atoms with van der Waals surface area (Å²) in [5, 5.41) is 22.7. The molecule has 0 bridgehead atoms. The van der Waals surface area contributed by atoms with Crippen LogP contribution in [-0.2, 0) is 6.42 Å². The van der Waals surface area contributed by atoms with Crippen LogP contribution in [0.2, 0.25) is 0 Å². The summed E-state index contributed by atoms with van der Waals surface area (Å²) < 4.78 is 2.06. The van der Waals surface area contributed by atoms with E-state index in [2.05, 4.69) is 34.1 Å². The van der Waals surface area contributed by atoms with Gasteiger partial charge in [0.2, 0.25) is 12.4 Å². The van der Waals surface area contributed by atoms with Crippen LogP contribution >= 0.6 is 15.9 Å². The van der Waals surface area contributed by atoms with Crippen LogP contribution in [0.15, 0.2) is 47.2 Å². The lowest BCUT2D eigenvalue weighted by molar-refractivity contribution is -0.903. The maximum atomic E-state index is 9.63. The number of aromatic nitrogens is 1. The average molecular weight is 328 g/mol. The van der Waals surface area contributed by atoms with Crippen molar-refractivity contribution in [1.29, 1.82) is 5.26 Å². The highest BCUT2D eigenvalue weighted by Gasteiger charge is 2.10. The second-order valence-corrected chi connectivity index (χ2v) is 5.63. The van der Waals surface area contributed by atoms with E-state index in [4.69, 9.17) is 5.26 Å². The lowest BCUT2D eigenvalue weighted by Crippen LogP contribution is -2.27. The van der Waals surface area contributed by atoms with Crippen LogP contribution in [0.3, 0.4) is 0 Å². The Morgan fingerprint density at radius 1 is 1.15 bits per heavy atom. The van der Waals surface area contributed by atoms with Gasteiger partial charge in [-0.3, -0.25) is 5.21 Å². The number of nitrogens with zero attached hydrogens (tertiary/aromatic N) is 2. The van der Waals surface area contributed by atoms with Gasteiger partial charge in [-0.1, -0.05) is 28.1 Å². The van der Waals surface area contributed by atoms with E-state index in [1.54, 1.807) is 12.4 Å². The lowest BCUT2D eigenvalue weighted by atomic mass is 9.96. The molecule has 0 aliphatic carbocycles. The van der Waals surface area contributed by atoms with Gasteiger partial charge in [0.1, 0.15) is 0 Å². The molecule has 3 nitrogen and oxygen atoms in total. The van der Waals surface area contributed by atoms with Crippen molar-refractivity contribution in [3.8, 4) is 6.07 Å². The van der Waals surface area contributed by atoms with Crippen LogP contribution in [-0.4, -0.2) is 5.21 Å². The highest BCUT2D eigenvalue weighted by atomic mass is 79.9. The minimum atomic E-state index is 0.503. The zero-order valence-corrected chi connectivity index (χ0v) is 12.3. The van der Waals surface area contributed by atoms with Crippen molar-refractivity contribution in [2.24, 2.45) is 0 Å². The van der Waals surface area contributed by atoms with Gasteiger partial charge in [0, 0.05) is 21.7 Å². The molecule has 2 aromatic carbocycles. The number of aryl methyl sites for hydroxylation is 1. The second kappa shape index (κ2) is 5.10. The van der Waals surface area contributed by atoms with Gasteiger partial charge >= 0.3 is 0 Å². The molecular weight excluding hydrogens is 316 g/mol. The van der Waals surface area contributed by atoms with Crippen molar-refractivity contribution in [3.05, 3.63) is 52.8 Å². The first kappa shape index (κ1) is 12.9. The third-order valence-electron chi connectivity index (χ3n) is 3.43. The molecule has 0 spiro atoms. The molecule has 1 heterocycles. The first-order chi connectivity index (χ1) is 9.69. The molecule has 0 aliphatic rings. The molecule has 0 fully saturated rings. The molecule has 0 radical (unpaired) electrons. The Morgan fingerprint density at radius 3 is 2.80 bits per heavy atom. The molecular formula is C16H12BrN2O+. The zero-order chi connectivity index (χ0) is 14.1. The first-order valence-electron chi connectivity index (χ1n) is 6.31. The van der Waals surface area contributed by atoms with E-state index in [0.29, 0.717) is 6.42 Å². The Bertz CT molecular complexity index is 852. The maximum absolute atomic E-state index is 9.63. The van der Waals surface area contributed by atoms with E-state index < -0.39 is 0 Å². The monoisotopic (exact) mass is 327 g/mol. The number of hydrogen-bond acceptors (Lipinski definition) is 2. The molecule has 0 saturated carbocycles. The zero-order valence-electron chi connectivity index (χ0n) is 10.7. The minimum Gasteiger partial charge on any atom is -0.285 e. The van der Waals surface area contributed by atoms with Crippen molar-refractivity contribution >= 4 is 37.5 Å². The molecule has 3 rings (SSSR count). The minimum absolute atomic E-state index is 0.503. The van der Waals surface area contributed by atoms with Crippen molar-refractivity contribution in [2.75, 3.05) is 0 Å². The number of pyridine rings is 1. The van der Waals surface area contributed by atoms with Crippen LogP contribution < -0.4 is 4.73 Å². The van der Waals surface area contributed by atoms with Crippen LogP contribution in [0.4, 0.5) is 0 Å². The SMILES string of the molecule is N#CCCc1cc2cc[n+](O)cc2c2cc(Br)ccc12. The highest BCUT2D eigenvalue weighted by molar-refractivity contribution is 9.10. The summed E-state index contributed by atoms with van der Waals surface area (Å²) in [6, 6.07) is 12.3. The van der Waals surface area contributed by atoms with Gasteiger partial charge < -0.3 is 0 Å². The van der Waals surface area contributed by atoms with Gasteiger partial charge in [-0.05, 0) is 40.3 Å². The summed E-state index contributed by atoms with van der Waals surface area (Å²) in [6.07, 6.45) is 4.56. The van der Waals surface area contributed by atoms with Crippen LogP contribution in [0.1, 0.15) is 12.0 Å². The van der Waals surface area contributed by atoms with Crippen LogP contribution in [0.25, 0.3) is 21.5 Å². The summed E-state index contributed by atoms with van der Waals surface area (Å²) in [6.45, 7) is 0. The van der Waals surface area contributed by atoms with E-state index >= 15 is 0 Å². The van der Waals surface area contributed by atoms with E-state index in [1.807, 2.05) is 18.2 Å². The predicted molar refractivity (Wildman–Crippen MR) is 80.5 cm³/mol. The molecule has 0 atom stereocenters. The second-order valence-electron chi connectivity index (χ2n) is 4.71. The Morgan fingerprint density at radius 2 is 2.00 bits per heavy atom. The molecule has 0 aliphatic heterocycles. The molecule has 0 unspecified atom stereocenters. The van der Waals surface area contributed by atoms with Gasteiger partial charge in [0.05, 0.1) is 11.5 Å². The summed E-state index contributed by atoms with van der Waals surface area (Å²) in [4.78, 5) is 0. The third kappa shape index (κ3) is 2.21. The normalized spacial score (nSPS) is 10.8. The molecule has 1 N–H and O–H groups in total. The average Bonchev–Trinajstić information content (AvgIpc) is 2.45. The van der Waals surface area contributed by atoms with Gasteiger partial charge in [0.15, 0.2) is 0 Å². The first-order valence-corrected chi connectivity index (χ1v) is 7.11. The summed E-state index contributed by atoms with van der Waals surface area (Å²) in [5.41, 5.74) is 1.16. The lowest BCUT2D eigenvalue weighted by Gasteiger charge is -2.08. The van der Waals surface area contributed by atoms with Crippen molar-refractivity contribution in [1.82, 2.24) is 0 Å². The number of benzene rings is 2. The third-order valence-corrected chi connectivity index (χ3v) is 3.93. The van der Waals surface area contributed by atoms with Gasteiger partial charge in [0.25, 0.3) is 0 Å². The van der Waals surface area contributed by atoms with E-state index in [1.165, 1.54) is 0 Å². The molecule has 20 heavy (non-hydrogen) atoms. The van der Waals surface area contributed by atoms with Gasteiger partial charge in [-0.15, -0.1) is 0 Å². The van der Waals surface area contributed by atoms with Crippen molar-refractivity contribution < 1.29 is 9.94 Å². The molecule has 0 amide bonds. The molecule has 1 aromatic heterocycles. The Kier molecular flexibility index (Phi) is 3.29. The van der Waals surface area contributed by atoms with E-state index in [-0.39, 0.29) is 0 Å². The Hall–Kier alpha value is -2.12. The van der Waals surface area contributed by atoms with E-state index in [0.717, 1.165) is 42.7 Å². The number of rotatable bonds is 2. The topological polar surface area (TPSA) is 47.9 Å². The number of halogens is 1. The van der Waals surface area contributed by atoms with E-state index in [9.17, 15) is 5.21 Å². The largest absolute Gasteiger partial charge is 0.285 e. The van der Waals surface area contributed by atoms with Crippen molar-refractivity contribution in [2.45, 2.75) is 12.8 Å². The Labute approximate surface area is 124 Å². The standard InChI is InChI=1S/C16H12BrN2O/c17-13-3-4-14-11(2-1-6-18)8-12-5-7-19(20)10-16(12)15(14)9-13/h3-5,7-10,20H,1-2H2/q+1. The summed E-state index contributed by atoms with van der Waals surface area (Å²) in [5.74, 6) is 0. The van der Waals surface area contributed by atoms with Gasteiger partial charge in [-0.2, -0.15) is 5.26 Å². The summed E-state index contributed by atoms with van der Waals surface area (Å²) in [7, 11) is 0. The highest BCUT2D eigenvalue weighted by Crippen LogP contribution is 2.30.